The number of rotatable bonds is 3. The van der Waals surface area contributed by atoms with Crippen molar-refractivity contribution in [2.45, 2.75) is 26.3 Å². The smallest absolute Gasteiger partial charge is 0.329 e. The number of hydrazine groups is 1. The molecule has 4 N–H and O–H groups in total. The van der Waals surface area contributed by atoms with E-state index in [4.69, 9.17) is 5.84 Å². The van der Waals surface area contributed by atoms with Crippen molar-refractivity contribution in [3.8, 4) is 0 Å². The molecule has 0 spiro atoms. The van der Waals surface area contributed by atoms with E-state index in [9.17, 15) is 4.79 Å². The van der Waals surface area contributed by atoms with E-state index in [-0.39, 0.29) is 6.03 Å². The highest BCUT2D eigenvalue weighted by Gasteiger charge is 2.00. The van der Waals surface area contributed by atoms with Crippen LogP contribution in [-0.2, 0) is 6.54 Å². The molecule has 0 unspecified atom stereocenters. The molecule has 0 bridgehead atoms. The monoisotopic (exact) mass is 207 g/mol. The standard InChI is InChI=1S/C11H17N3O/c1-8(2)10-5-3-9(4-6-10)7-13-11(15)14-12/h3-6,8H,7,12H2,1-2H3,(H2,13,14,15). The van der Waals surface area contributed by atoms with Crippen LogP contribution in [0.15, 0.2) is 24.3 Å². The normalized spacial score (nSPS) is 10.1. The second-order valence-corrected chi connectivity index (χ2v) is 3.72. The fourth-order valence-corrected chi connectivity index (χ4v) is 1.25. The van der Waals surface area contributed by atoms with Crippen LogP contribution >= 0.6 is 0 Å². The predicted octanol–water partition coefficient (Wildman–Crippen LogP) is 1.48. The Morgan fingerprint density at radius 2 is 1.93 bits per heavy atom. The number of benzene rings is 1. The Morgan fingerprint density at radius 1 is 1.33 bits per heavy atom. The molecule has 0 radical (unpaired) electrons. The van der Waals surface area contributed by atoms with Gasteiger partial charge in [0.25, 0.3) is 0 Å². The van der Waals surface area contributed by atoms with Gasteiger partial charge in [0.05, 0.1) is 0 Å². The Hall–Kier alpha value is -1.55. The molecule has 0 fully saturated rings. The van der Waals surface area contributed by atoms with Crippen LogP contribution in [0.4, 0.5) is 4.79 Å². The summed E-state index contributed by atoms with van der Waals surface area (Å²) in [6, 6.07) is 7.78. The fraction of sp³-hybridized carbons (Fsp3) is 0.364. The summed E-state index contributed by atoms with van der Waals surface area (Å²) in [4.78, 5) is 10.8. The first-order valence-corrected chi connectivity index (χ1v) is 4.96. The Kier molecular flexibility index (Phi) is 4.12. The van der Waals surface area contributed by atoms with Crippen molar-refractivity contribution in [1.29, 1.82) is 0 Å². The van der Waals surface area contributed by atoms with Crippen molar-refractivity contribution in [1.82, 2.24) is 10.7 Å². The molecular formula is C11H17N3O. The SMILES string of the molecule is CC(C)c1ccc(CNC(=O)NN)cc1. The molecule has 1 aromatic carbocycles. The van der Waals surface area contributed by atoms with E-state index in [0.29, 0.717) is 12.5 Å². The van der Waals surface area contributed by atoms with E-state index in [1.165, 1.54) is 5.56 Å². The largest absolute Gasteiger partial charge is 0.333 e. The maximum atomic E-state index is 10.8. The number of carbonyl (C=O) groups is 1. The second kappa shape index (κ2) is 5.36. The Morgan fingerprint density at radius 3 is 2.40 bits per heavy atom. The molecule has 0 aliphatic heterocycles. The molecule has 1 rings (SSSR count). The third kappa shape index (κ3) is 3.59. The summed E-state index contributed by atoms with van der Waals surface area (Å²) in [6.45, 7) is 4.78. The molecule has 4 heteroatoms. The van der Waals surface area contributed by atoms with Crippen LogP contribution in [0, 0.1) is 0 Å². The molecule has 0 aliphatic rings. The zero-order valence-electron chi connectivity index (χ0n) is 9.08. The third-order valence-corrected chi connectivity index (χ3v) is 2.23. The number of nitrogens with two attached hydrogens (primary N) is 1. The second-order valence-electron chi connectivity index (χ2n) is 3.72. The van der Waals surface area contributed by atoms with Gasteiger partial charge in [0.2, 0.25) is 0 Å². The molecule has 4 nitrogen and oxygen atoms in total. The summed E-state index contributed by atoms with van der Waals surface area (Å²) in [5, 5.41) is 2.62. The molecule has 1 aromatic rings. The van der Waals surface area contributed by atoms with Crippen LogP contribution in [0.1, 0.15) is 30.9 Å². The summed E-state index contributed by atoms with van der Waals surface area (Å²) in [5.74, 6) is 5.47. The van der Waals surface area contributed by atoms with Gasteiger partial charge in [0.15, 0.2) is 0 Å². The van der Waals surface area contributed by atoms with E-state index in [2.05, 4.69) is 31.3 Å². The van der Waals surface area contributed by atoms with E-state index >= 15 is 0 Å². The number of nitrogens with one attached hydrogen (secondary N) is 2. The summed E-state index contributed by atoms with van der Waals surface area (Å²) in [5.41, 5.74) is 4.37. The molecule has 2 amide bonds. The van der Waals surface area contributed by atoms with Crippen LogP contribution < -0.4 is 16.6 Å². The molecular weight excluding hydrogens is 190 g/mol. The van der Waals surface area contributed by atoms with E-state index < -0.39 is 0 Å². The molecule has 0 atom stereocenters. The zero-order chi connectivity index (χ0) is 11.3. The highest BCUT2D eigenvalue weighted by Crippen LogP contribution is 2.14. The van der Waals surface area contributed by atoms with Crippen LogP contribution in [-0.4, -0.2) is 6.03 Å². The van der Waals surface area contributed by atoms with Crippen molar-refractivity contribution in [2.24, 2.45) is 5.84 Å². The van der Waals surface area contributed by atoms with Crippen molar-refractivity contribution >= 4 is 6.03 Å². The molecule has 82 valence electrons. The molecule has 0 aromatic heterocycles. The summed E-state index contributed by atoms with van der Waals surface area (Å²) in [7, 11) is 0. The van der Waals surface area contributed by atoms with Gasteiger partial charge in [0, 0.05) is 6.54 Å². The molecule has 0 saturated carbocycles. The topological polar surface area (TPSA) is 67.2 Å². The van der Waals surface area contributed by atoms with Crippen LogP contribution in [0.5, 0.6) is 0 Å². The molecule has 0 saturated heterocycles. The Balaban J connectivity index is 2.53. The van der Waals surface area contributed by atoms with Gasteiger partial charge in [-0.15, -0.1) is 0 Å². The van der Waals surface area contributed by atoms with Gasteiger partial charge < -0.3 is 5.32 Å². The molecule has 0 heterocycles. The first-order valence-electron chi connectivity index (χ1n) is 4.96. The van der Waals surface area contributed by atoms with Gasteiger partial charge in [-0.3, -0.25) is 5.43 Å². The highest BCUT2D eigenvalue weighted by molar-refractivity contribution is 5.72. The maximum Gasteiger partial charge on any atom is 0.329 e. The van der Waals surface area contributed by atoms with Gasteiger partial charge >= 0.3 is 6.03 Å². The molecule has 15 heavy (non-hydrogen) atoms. The van der Waals surface area contributed by atoms with Gasteiger partial charge in [-0.25, -0.2) is 10.6 Å². The fourth-order valence-electron chi connectivity index (χ4n) is 1.25. The van der Waals surface area contributed by atoms with Crippen LogP contribution in [0.25, 0.3) is 0 Å². The van der Waals surface area contributed by atoms with Crippen molar-refractivity contribution in [2.75, 3.05) is 0 Å². The van der Waals surface area contributed by atoms with E-state index in [0.717, 1.165) is 5.56 Å². The number of hydrogen-bond donors (Lipinski definition) is 3. The highest BCUT2D eigenvalue weighted by atomic mass is 16.2. The minimum Gasteiger partial charge on any atom is -0.333 e. The van der Waals surface area contributed by atoms with Crippen LogP contribution in [0.2, 0.25) is 0 Å². The first-order chi connectivity index (χ1) is 7.13. The lowest BCUT2D eigenvalue weighted by Crippen LogP contribution is -2.39. The van der Waals surface area contributed by atoms with E-state index in [1.807, 2.05) is 17.6 Å². The quantitative estimate of drug-likeness (QED) is 0.399. The average Bonchev–Trinajstić information content (AvgIpc) is 2.26. The van der Waals surface area contributed by atoms with Crippen LogP contribution in [0.3, 0.4) is 0 Å². The van der Waals surface area contributed by atoms with Gasteiger partial charge in [0.1, 0.15) is 0 Å². The number of carbonyl (C=O) groups excluding carboxylic acids is 1. The van der Waals surface area contributed by atoms with Crippen molar-refractivity contribution in [3.05, 3.63) is 35.4 Å². The predicted molar refractivity (Wildman–Crippen MR) is 60.1 cm³/mol. The number of amides is 2. The lowest BCUT2D eigenvalue weighted by atomic mass is 10.0. The summed E-state index contributed by atoms with van der Waals surface area (Å²) in [6.07, 6.45) is 0. The minimum atomic E-state index is -0.372. The Labute approximate surface area is 89.8 Å². The lowest BCUT2D eigenvalue weighted by molar-refractivity contribution is 0.241. The van der Waals surface area contributed by atoms with Crippen molar-refractivity contribution < 1.29 is 4.79 Å². The Bertz CT molecular complexity index is 319. The summed E-state index contributed by atoms with van der Waals surface area (Å²) >= 11 is 0. The number of urea groups is 1. The van der Waals surface area contributed by atoms with Crippen molar-refractivity contribution in [3.63, 3.8) is 0 Å². The van der Waals surface area contributed by atoms with Gasteiger partial charge in [-0.1, -0.05) is 38.1 Å². The minimum absolute atomic E-state index is 0.372. The van der Waals surface area contributed by atoms with Gasteiger partial charge in [-0.05, 0) is 17.0 Å². The maximum absolute atomic E-state index is 10.8. The zero-order valence-corrected chi connectivity index (χ0v) is 9.08. The average molecular weight is 207 g/mol. The summed E-state index contributed by atoms with van der Waals surface area (Å²) < 4.78 is 0. The van der Waals surface area contributed by atoms with Gasteiger partial charge in [-0.2, -0.15) is 0 Å². The third-order valence-electron chi connectivity index (χ3n) is 2.23. The number of hydrogen-bond acceptors (Lipinski definition) is 2. The van der Waals surface area contributed by atoms with E-state index in [1.54, 1.807) is 0 Å². The first kappa shape index (κ1) is 11.5. The lowest BCUT2D eigenvalue weighted by Gasteiger charge is -2.07. The molecule has 0 aliphatic carbocycles.